The molecule has 0 aliphatic carbocycles. The molecule has 0 radical (unpaired) electrons. The Balaban J connectivity index is 2.98. The molecule has 1 fully saturated rings. The van der Waals surface area contributed by atoms with Gasteiger partial charge in [0, 0.05) is 12.1 Å². The summed E-state index contributed by atoms with van der Waals surface area (Å²) in [7, 11) is 0. The predicted molar refractivity (Wildman–Crippen MR) is 63.0 cm³/mol. The highest BCUT2D eigenvalue weighted by molar-refractivity contribution is 6.25. The Hall–Kier alpha value is -1.03. The summed E-state index contributed by atoms with van der Waals surface area (Å²) in [6, 6.07) is 0. The Morgan fingerprint density at radius 3 is 2.75 bits per heavy atom. The van der Waals surface area contributed by atoms with Gasteiger partial charge in [-0.05, 0) is 25.8 Å². The van der Waals surface area contributed by atoms with E-state index in [-0.39, 0.29) is 18.4 Å². The third-order valence-electron chi connectivity index (χ3n) is 3.07. The molecule has 0 aromatic carbocycles. The topological polar surface area (TPSA) is 49.4 Å². The minimum Gasteiger partial charge on any atom is -0.345 e. The van der Waals surface area contributed by atoms with Gasteiger partial charge in [0.05, 0.1) is 6.54 Å². The summed E-state index contributed by atoms with van der Waals surface area (Å²) in [5, 5.41) is 2.61. The van der Waals surface area contributed by atoms with Gasteiger partial charge in [-0.25, -0.2) is 0 Å². The fraction of sp³-hybridized carbons (Fsp3) is 0.636. The number of hydrogen-bond donors (Lipinski definition) is 1. The Kier molecular flexibility index (Phi) is 3.97. The van der Waals surface area contributed by atoms with Crippen LogP contribution in [-0.2, 0) is 9.59 Å². The lowest BCUT2D eigenvalue weighted by Crippen LogP contribution is -2.65. The first kappa shape index (κ1) is 13.0. The monoisotopic (exact) mass is 244 g/mol. The Morgan fingerprint density at radius 2 is 2.25 bits per heavy atom. The maximum atomic E-state index is 11.8. The summed E-state index contributed by atoms with van der Waals surface area (Å²) in [4.78, 5) is 25.2. The summed E-state index contributed by atoms with van der Waals surface area (Å²) in [5.74, 6) is -0.168. The van der Waals surface area contributed by atoms with Crippen LogP contribution in [0.4, 0.5) is 0 Å². The Bertz CT molecular complexity index is 341. The van der Waals surface area contributed by atoms with Crippen LogP contribution in [-0.4, -0.2) is 35.3 Å². The Morgan fingerprint density at radius 1 is 1.62 bits per heavy atom. The van der Waals surface area contributed by atoms with Gasteiger partial charge in [-0.1, -0.05) is 18.5 Å². The summed E-state index contributed by atoms with van der Waals surface area (Å²) < 4.78 is 0. The SMILES string of the molecule is CCC1(C)C(=O)NCC(=O)N1CC(C)=CCl. The summed E-state index contributed by atoms with van der Waals surface area (Å²) in [6.45, 7) is 5.98. The molecule has 1 heterocycles. The van der Waals surface area contributed by atoms with Gasteiger partial charge >= 0.3 is 0 Å². The summed E-state index contributed by atoms with van der Waals surface area (Å²) in [6.07, 6.45) is 0.583. The van der Waals surface area contributed by atoms with Crippen LogP contribution >= 0.6 is 11.6 Å². The first-order valence-corrected chi connectivity index (χ1v) is 5.74. The highest BCUT2D eigenvalue weighted by atomic mass is 35.5. The van der Waals surface area contributed by atoms with E-state index in [4.69, 9.17) is 11.6 Å². The van der Waals surface area contributed by atoms with Crippen molar-refractivity contribution in [3.8, 4) is 0 Å². The van der Waals surface area contributed by atoms with Crippen LogP contribution < -0.4 is 5.32 Å². The number of nitrogens with one attached hydrogen (secondary N) is 1. The molecule has 2 amide bonds. The average Bonchev–Trinajstić information content (AvgIpc) is 2.29. The van der Waals surface area contributed by atoms with Crippen LogP contribution in [0.15, 0.2) is 11.1 Å². The molecule has 4 nitrogen and oxygen atoms in total. The molecule has 0 saturated carbocycles. The average molecular weight is 245 g/mol. The molecule has 0 aromatic rings. The van der Waals surface area contributed by atoms with Crippen molar-refractivity contribution in [3.05, 3.63) is 11.1 Å². The maximum absolute atomic E-state index is 11.8. The van der Waals surface area contributed by atoms with E-state index in [9.17, 15) is 9.59 Å². The van der Waals surface area contributed by atoms with Gasteiger partial charge in [0.1, 0.15) is 5.54 Å². The third kappa shape index (κ3) is 2.21. The normalized spacial score (nSPS) is 27.0. The van der Waals surface area contributed by atoms with Gasteiger partial charge in [-0.2, -0.15) is 0 Å². The number of amides is 2. The molecule has 1 aliphatic rings. The van der Waals surface area contributed by atoms with Crippen molar-refractivity contribution in [2.75, 3.05) is 13.1 Å². The molecular weight excluding hydrogens is 228 g/mol. The molecule has 5 heteroatoms. The second-order valence-corrected chi connectivity index (χ2v) is 4.46. The van der Waals surface area contributed by atoms with E-state index < -0.39 is 5.54 Å². The molecular formula is C11H17ClN2O2. The fourth-order valence-electron chi connectivity index (χ4n) is 1.74. The molecule has 16 heavy (non-hydrogen) atoms. The van der Waals surface area contributed by atoms with Gasteiger partial charge in [0.2, 0.25) is 11.8 Å². The third-order valence-corrected chi connectivity index (χ3v) is 3.44. The second-order valence-electron chi connectivity index (χ2n) is 4.25. The minimum absolute atomic E-state index is 0.0678. The highest BCUT2D eigenvalue weighted by Crippen LogP contribution is 2.24. The molecule has 1 rings (SSSR count). The highest BCUT2D eigenvalue weighted by Gasteiger charge is 2.43. The zero-order chi connectivity index (χ0) is 12.3. The number of piperazine rings is 1. The van der Waals surface area contributed by atoms with E-state index in [0.717, 1.165) is 5.57 Å². The van der Waals surface area contributed by atoms with E-state index in [2.05, 4.69) is 5.32 Å². The first-order valence-electron chi connectivity index (χ1n) is 5.30. The maximum Gasteiger partial charge on any atom is 0.246 e. The van der Waals surface area contributed by atoms with Crippen molar-refractivity contribution in [1.82, 2.24) is 10.2 Å². The van der Waals surface area contributed by atoms with E-state index in [1.807, 2.05) is 13.8 Å². The van der Waals surface area contributed by atoms with Crippen LogP contribution in [0.5, 0.6) is 0 Å². The number of rotatable bonds is 3. The van der Waals surface area contributed by atoms with Crippen molar-refractivity contribution in [1.29, 1.82) is 0 Å². The largest absolute Gasteiger partial charge is 0.345 e. The zero-order valence-electron chi connectivity index (χ0n) is 9.84. The van der Waals surface area contributed by atoms with Gasteiger partial charge < -0.3 is 10.2 Å². The van der Waals surface area contributed by atoms with Crippen molar-refractivity contribution >= 4 is 23.4 Å². The number of hydrogen-bond acceptors (Lipinski definition) is 2. The van der Waals surface area contributed by atoms with Crippen LogP contribution in [0, 0.1) is 0 Å². The summed E-state index contributed by atoms with van der Waals surface area (Å²) >= 11 is 5.59. The molecule has 0 bridgehead atoms. The second kappa shape index (κ2) is 4.87. The molecule has 1 unspecified atom stereocenters. The number of nitrogens with zero attached hydrogens (tertiary/aromatic N) is 1. The van der Waals surface area contributed by atoms with Crippen molar-refractivity contribution in [2.45, 2.75) is 32.7 Å². The van der Waals surface area contributed by atoms with Gasteiger partial charge in [0.15, 0.2) is 0 Å². The van der Waals surface area contributed by atoms with Crippen LogP contribution in [0.1, 0.15) is 27.2 Å². The fourth-order valence-corrected chi connectivity index (χ4v) is 1.81. The van der Waals surface area contributed by atoms with E-state index in [1.165, 1.54) is 5.54 Å². The lowest BCUT2D eigenvalue weighted by Gasteiger charge is -2.43. The Labute approximate surface area is 101 Å². The van der Waals surface area contributed by atoms with Crippen LogP contribution in [0.3, 0.4) is 0 Å². The van der Waals surface area contributed by atoms with E-state index in [1.54, 1.807) is 11.8 Å². The van der Waals surface area contributed by atoms with Gasteiger partial charge in [-0.3, -0.25) is 9.59 Å². The molecule has 0 spiro atoms. The first-order chi connectivity index (χ1) is 7.45. The number of carbonyl (C=O) groups excluding carboxylic acids is 2. The molecule has 0 aromatic heterocycles. The molecule has 1 saturated heterocycles. The summed E-state index contributed by atoms with van der Waals surface area (Å²) in [5.41, 5.74) is 1.54. The van der Waals surface area contributed by atoms with Crippen LogP contribution in [0.25, 0.3) is 0 Å². The van der Waals surface area contributed by atoms with Crippen molar-refractivity contribution in [2.24, 2.45) is 0 Å². The quantitative estimate of drug-likeness (QED) is 0.813. The predicted octanol–water partition coefficient (Wildman–Crippen LogP) is 1.26. The van der Waals surface area contributed by atoms with Gasteiger partial charge in [0.25, 0.3) is 0 Å². The van der Waals surface area contributed by atoms with Crippen LogP contribution in [0.2, 0.25) is 0 Å². The molecule has 1 aliphatic heterocycles. The van der Waals surface area contributed by atoms with Crippen molar-refractivity contribution < 1.29 is 9.59 Å². The van der Waals surface area contributed by atoms with Crippen molar-refractivity contribution in [3.63, 3.8) is 0 Å². The lowest BCUT2D eigenvalue weighted by molar-refractivity contribution is -0.152. The minimum atomic E-state index is -0.767. The molecule has 90 valence electrons. The lowest BCUT2D eigenvalue weighted by atomic mass is 9.92. The van der Waals surface area contributed by atoms with E-state index in [0.29, 0.717) is 13.0 Å². The standard InChI is InChI=1S/C11H17ClN2O2/c1-4-11(3)10(16)13-6-9(15)14(11)7-8(2)5-12/h5H,4,6-7H2,1-3H3,(H,13,16). The number of carbonyl (C=O) groups is 2. The van der Waals surface area contributed by atoms with Gasteiger partial charge in [-0.15, -0.1) is 0 Å². The molecule has 1 atom stereocenters. The number of halogens is 1. The zero-order valence-corrected chi connectivity index (χ0v) is 10.6. The smallest absolute Gasteiger partial charge is 0.246 e. The molecule has 1 N–H and O–H groups in total. The van der Waals surface area contributed by atoms with E-state index >= 15 is 0 Å².